The highest BCUT2D eigenvalue weighted by molar-refractivity contribution is 7.13. The number of amides is 2. The maximum Gasteiger partial charge on any atom is 0.291 e. The van der Waals surface area contributed by atoms with Crippen molar-refractivity contribution in [1.82, 2.24) is 20.1 Å². The second-order valence-electron chi connectivity index (χ2n) is 7.75. The molecule has 0 saturated heterocycles. The van der Waals surface area contributed by atoms with Crippen LogP contribution in [0.25, 0.3) is 21.6 Å². The molecular weight excluding hydrogens is 450 g/mol. The zero-order chi connectivity index (χ0) is 23.7. The van der Waals surface area contributed by atoms with Crippen LogP contribution in [0, 0.1) is 6.92 Å². The molecule has 0 aliphatic heterocycles. The predicted molar refractivity (Wildman–Crippen MR) is 131 cm³/mol. The number of hydrogen-bond donors (Lipinski definition) is 2. The zero-order valence-electron chi connectivity index (χ0n) is 18.5. The minimum absolute atomic E-state index is 0.198. The smallest absolute Gasteiger partial charge is 0.291 e. The largest absolute Gasteiger partial charge is 0.459 e. The lowest BCUT2D eigenvalue weighted by Gasteiger charge is -2.10. The lowest BCUT2D eigenvalue weighted by atomic mass is 10.1. The zero-order valence-corrected chi connectivity index (χ0v) is 19.3. The average molecular weight is 472 g/mol. The highest BCUT2D eigenvalue weighted by Crippen LogP contribution is 2.29. The molecule has 4 aromatic heterocycles. The number of benzene rings is 1. The number of carbonyl (C=O) groups is 2. The van der Waals surface area contributed by atoms with Crippen molar-refractivity contribution in [3.05, 3.63) is 88.8 Å². The van der Waals surface area contributed by atoms with E-state index in [1.165, 1.54) is 6.26 Å². The number of hydrogen-bond acceptors (Lipinski definition) is 6. The molecule has 9 heteroatoms. The molecule has 170 valence electrons. The fraction of sp³-hybridized carbons (Fsp3) is 0.120. The number of pyridine rings is 1. The first-order valence-corrected chi connectivity index (χ1v) is 11.5. The fourth-order valence-corrected chi connectivity index (χ4v) is 4.44. The van der Waals surface area contributed by atoms with Gasteiger partial charge < -0.3 is 15.1 Å². The minimum Gasteiger partial charge on any atom is -0.459 e. The molecule has 0 fully saturated rings. The summed E-state index contributed by atoms with van der Waals surface area (Å²) in [5.41, 5.74) is 4.25. The Kier molecular flexibility index (Phi) is 5.69. The molecule has 0 spiro atoms. The second-order valence-corrected chi connectivity index (χ2v) is 8.70. The summed E-state index contributed by atoms with van der Waals surface area (Å²) in [6.45, 7) is 2.21. The van der Waals surface area contributed by atoms with Crippen molar-refractivity contribution < 1.29 is 14.0 Å². The number of thiophene rings is 1. The highest BCUT2D eigenvalue weighted by atomic mass is 32.1. The van der Waals surface area contributed by atoms with E-state index >= 15 is 0 Å². The van der Waals surface area contributed by atoms with E-state index in [0.29, 0.717) is 23.4 Å². The Hall–Kier alpha value is -4.24. The number of rotatable bonds is 6. The Labute approximate surface area is 199 Å². The first-order valence-electron chi connectivity index (χ1n) is 10.6. The third-order valence-corrected chi connectivity index (χ3v) is 6.29. The van der Waals surface area contributed by atoms with Gasteiger partial charge >= 0.3 is 0 Å². The summed E-state index contributed by atoms with van der Waals surface area (Å²) in [6, 6.07) is 16.3. The predicted octanol–water partition coefficient (Wildman–Crippen LogP) is 4.78. The van der Waals surface area contributed by atoms with E-state index in [1.54, 1.807) is 40.3 Å². The number of nitrogens with one attached hydrogen (secondary N) is 2. The Morgan fingerprint density at radius 1 is 1.09 bits per heavy atom. The van der Waals surface area contributed by atoms with Crippen LogP contribution in [-0.2, 0) is 13.6 Å². The van der Waals surface area contributed by atoms with E-state index in [0.717, 1.165) is 27.2 Å². The van der Waals surface area contributed by atoms with Crippen LogP contribution in [-0.4, -0.2) is 26.6 Å². The topological polar surface area (TPSA) is 102 Å². The second kappa shape index (κ2) is 8.95. The van der Waals surface area contributed by atoms with Gasteiger partial charge in [-0.05, 0) is 54.3 Å². The minimum atomic E-state index is -0.318. The summed E-state index contributed by atoms with van der Waals surface area (Å²) < 4.78 is 6.80. The molecule has 0 aliphatic rings. The SMILES string of the molecule is Cc1nn(C)c2nc(-c3cccs3)cc(C(=O)NCc3ccc(NC(=O)c4ccco4)cc3)c12. The van der Waals surface area contributed by atoms with Crippen LogP contribution in [0.3, 0.4) is 0 Å². The Morgan fingerprint density at radius 3 is 2.62 bits per heavy atom. The summed E-state index contributed by atoms with van der Waals surface area (Å²) in [4.78, 5) is 31.1. The first-order chi connectivity index (χ1) is 16.5. The molecule has 0 bridgehead atoms. The Bertz CT molecular complexity index is 1470. The molecule has 0 unspecified atom stereocenters. The van der Waals surface area contributed by atoms with Crippen molar-refractivity contribution in [2.24, 2.45) is 7.05 Å². The molecule has 8 nitrogen and oxygen atoms in total. The van der Waals surface area contributed by atoms with Crippen LogP contribution >= 0.6 is 11.3 Å². The first kappa shape index (κ1) is 21.6. The van der Waals surface area contributed by atoms with Crippen molar-refractivity contribution in [2.45, 2.75) is 13.5 Å². The molecular formula is C25H21N5O3S. The van der Waals surface area contributed by atoms with Crippen molar-refractivity contribution in [3.63, 3.8) is 0 Å². The summed E-state index contributed by atoms with van der Waals surface area (Å²) in [7, 11) is 1.83. The van der Waals surface area contributed by atoms with Crippen molar-refractivity contribution in [3.8, 4) is 10.6 Å². The van der Waals surface area contributed by atoms with E-state index in [2.05, 4.69) is 15.7 Å². The van der Waals surface area contributed by atoms with Crippen LogP contribution < -0.4 is 10.6 Å². The Balaban J connectivity index is 1.33. The molecule has 0 aliphatic carbocycles. The van der Waals surface area contributed by atoms with Crippen LogP contribution in [0.2, 0.25) is 0 Å². The number of fused-ring (bicyclic) bond motifs is 1. The van der Waals surface area contributed by atoms with Gasteiger partial charge in [0.25, 0.3) is 11.8 Å². The molecule has 0 atom stereocenters. The normalized spacial score (nSPS) is 11.0. The molecule has 0 saturated carbocycles. The van der Waals surface area contributed by atoms with Crippen molar-refractivity contribution in [1.29, 1.82) is 0 Å². The van der Waals surface area contributed by atoms with Gasteiger partial charge in [-0.3, -0.25) is 14.3 Å². The maximum absolute atomic E-state index is 13.2. The van der Waals surface area contributed by atoms with Gasteiger partial charge in [0.1, 0.15) is 0 Å². The van der Waals surface area contributed by atoms with Gasteiger partial charge in [0.15, 0.2) is 11.4 Å². The molecule has 2 N–H and O–H groups in total. The average Bonchev–Trinajstić information content (AvgIpc) is 3.61. The van der Waals surface area contributed by atoms with Gasteiger partial charge in [0, 0.05) is 19.3 Å². The van der Waals surface area contributed by atoms with E-state index in [9.17, 15) is 9.59 Å². The molecule has 4 heterocycles. The number of nitrogens with zero attached hydrogens (tertiary/aromatic N) is 3. The summed E-state index contributed by atoms with van der Waals surface area (Å²) in [5, 5.41) is 13.0. The van der Waals surface area contributed by atoms with E-state index < -0.39 is 0 Å². The van der Waals surface area contributed by atoms with Crippen molar-refractivity contribution >= 4 is 39.9 Å². The summed E-state index contributed by atoms with van der Waals surface area (Å²) >= 11 is 1.57. The molecule has 2 amide bonds. The van der Waals surface area contributed by atoms with Crippen molar-refractivity contribution in [2.75, 3.05) is 5.32 Å². The standard InChI is InChI=1S/C25H21N5O3S/c1-15-22-18(13-19(21-6-4-12-34-21)28-23(22)30(2)29-15)24(31)26-14-16-7-9-17(10-8-16)27-25(32)20-5-3-11-33-20/h3-13H,14H2,1-2H3,(H,26,31)(H,27,32). The third-order valence-electron chi connectivity index (χ3n) is 5.40. The number of anilines is 1. The molecule has 34 heavy (non-hydrogen) atoms. The van der Waals surface area contributed by atoms with Gasteiger partial charge in [-0.1, -0.05) is 18.2 Å². The third kappa shape index (κ3) is 4.20. The molecule has 1 aromatic carbocycles. The van der Waals surface area contributed by atoms with Crippen LogP contribution in [0.15, 0.2) is 70.7 Å². The van der Waals surface area contributed by atoms with Gasteiger partial charge in [-0.15, -0.1) is 11.3 Å². The Morgan fingerprint density at radius 2 is 1.91 bits per heavy atom. The van der Waals surface area contributed by atoms with Gasteiger partial charge in [-0.2, -0.15) is 5.10 Å². The molecule has 5 rings (SSSR count). The quantitative estimate of drug-likeness (QED) is 0.371. The maximum atomic E-state index is 13.2. The van der Waals surface area contributed by atoms with Gasteiger partial charge in [0.2, 0.25) is 0 Å². The van der Waals surface area contributed by atoms with Crippen LogP contribution in [0.5, 0.6) is 0 Å². The fourth-order valence-electron chi connectivity index (χ4n) is 3.76. The number of aryl methyl sites for hydroxylation is 2. The van der Waals surface area contributed by atoms with Crippen LogP contribution in [0.4, 0.5) is 5.69 Å². The highest BCUT2D eigenvalue weighted by Gasteiger charge is 2.19. The van der Waals surface area contributed by atoms with Gasteiger partial charge in [-0.25, -0.2) is 4.98 Å². The summed E-state index contributed by atoms with van der Waals surface area (Å²) in [5.74, 6) is -0.273. The van der Waals surface area contributed by atoms with E-state index in [1.807, 2.05) is 49.7 Å². The molecule has 5 aromatic rings. The lowest BCUT2D eigenvalue weighted by molar-refractivity contribution is 0.0951. The van der Waals surface area contributed by atoms with E-state index in [-0.39, 0.29) is 17.6 Å². The lowest BCUT2D eigenvalue weighted by Crippen LogP contribution is -2.23. The van der Waals surface area contributed by atoms with Crippen LogP contribution in [0.1, 0.15) is 32.2 Å². The number of aromatic nitrogens is 3. The summed E-state index contributed by atoms with van der Waals surface area (Å²) in [6.07, 6.45) is 1.45. The molecule has 0 radical (unpaired) electrons. The van der Waals surface area contributed by atoms with E-state index in [4.69, 9.17) is 9.40 Å². The number of carbonyl (C=O) groups excluding carboxylic acids is 2. The van der Waals surface area contributed by atoms with Gasteiger partial charge in [0.05, 0.1) is 33.5 Å². The monoisotopic (exact) mass is 471 g/mol. The number of furan rings is 1.